The first kappa shape index (κ1) is 20.9. The van der Waals surface area contributed by atoms with Gasteiger partial charge in [-0.15, -0.1) is 13.2 Å². The van der Waals surface area contributed by atoms with E-state index in [2.05, 4.69) is 8.92 Å². The third kappa shape index (κ3) is 6.40. The third-order valence-electron chi connectivity index (χ3n) is 2.36. The summed E-state index contributed by atoms with van der Waals surface area (Å²) in [5, 5.41) is 0. The molecule has 12 heteroatoms. The Kier molecular flexibility index (Phi) is 7.24. The number of rotatable bonds is 9. The van der Waals surface area contributed by atoms with Crippen LogP contribution in [0.1, 0.15) is 13.8 Å². The fourth-order valence-corrected chi connectivity index (χ4v) is 4.38. The van der Waals surface area contributed by atoms with E-state index in [0.29, 0.717) is 0 Å². The molecule has 0 fully saturated rings. The lowest BCUT2D eigenvalue weighted by Crippen LogP contribution is -2.19. The summed E-state index contributed by atoms with van der Waals surface area (Å²) < 4.78 is 91.3. The van der Waals surface area contributed by atoms with Crippen LogP contribution in [0.5, 0.6) is 5.75 Å². The number of alkyl halides is 3. The zero-order chi connectivity index (χ0) is 18.4. The van der Waals surface area contributed by atoms with Gasteiger partial charge in [0, 0.05) is 0 Å². The van der Waals surface area contributed by atoms with Crippen LogP contribution in [0.4, 0.5) is 13.2 Å². The Labute approximate surface area is 137 Å². The van der Waals surface area contributed by atoms with Crippen LogP contribution in [-0.4, -0.2) is 34.3 Å². The van der Waals surface area contributed by atoms with Crippen LogP contribution in [0, 0.1) is 0 Å². The molecule has 7 nitrogen and oxygen atoms in total. The molecule has 0 atom stereocenters. The maximum atomic E-state index is 12.3. The van der Waals surface area contributed by atoms with Crippen LogP contribution in [0.3, 0.4) is 0 Å². The van der Waals surface area contributed by atoms with Crippen LogP contribution in [0.25, 0.3) is 0 Å². The lowest BCUT2D eigenvalue weighted by atomic mass is 10.3. The second-order valence-corrected chi connectivity index (χ2v) is 7.72. The van der Waals surface area contributed by atoms with Crippen molar-refractivity contribution in [2.24, 2.45) is 0 Å². The second kappa shape index (κ2) is 8.30. The number of benzene rings is 1. The van der Waals surface area contributed by atoms with E-state index in [1.807, 2.05) is 0 Å². The van der Waals surface area contributed by atoms with Gasteiger partial charge in [0.05, 0.1) is 13.2 Å². The quantitative estimate of drug-likeness (QED) is 0.469. The smallest absolute Gasteiger partial charge is 0.404 e. The molecule has 0 aromatic heterocycles. The summed E-state index contributed by atoms with van der Waals surface area (Å²) >= 11 is 0. The monoisotopic (exact) mass is 392 g/mol. The van der Waals surface area contributed by atoms with Gasteiger partial charge in [-0.2, -0.15) is 8.42 Å². The van der Waals surface area contributed by atoms with Crippen molar-refractivity contribution in [1.82, 2.24) is 0 Å². The number of hydrogen-bond acceptors (Lipinski definition) is 7. The van der Waals surface area contributed by atoms with E-state index < -0.39 is 41.1 Å². The van der Waals surface area contributed by atoms with E-state index in [4.69, 9.17) is 9.05 Å². The summed E-state index contributed by atoms with van der Waals surface area (Å²) in [6.07, 6.45) is -6.06. The van der Waals surface area contributed by atoms with Gasteiger partial charge in [-0.3, -0.25) is 8.75 Å². The first-order valence-electron chi connectivity index (χ1n) is 6.65. The highest BCUT2D eigenvalue weighted by atomic mass is 32.2. The van der Waals surface area contributed by atoms with Gasteiger partial charge in [-0.25, -0.2) is 0 Å². The normalized spacial score (nSPS) is 13.0. The molecule has 0 aliphatic heterocycles. The minimum absolute atomic E-state index is 0.0333. The lowest BCUT2D eigenvalue weighted by Gasteiger charge is -2.17. The van der Waals surface area contributed by atoms with E-state index >= 15 is 0 Å². The third-order valence-corrected chi connectivity index (χ3v) is 5.59. The van der Waals surface area contributed by atoms with Crippen LogP contribution < -0.4 is 4.74 Å². The molecule has 138 valence electrons. The Balaban J connectivity index is 3.03. The van der Waals surface area contributed by atoms with Crippen LogP contribution >= 0.6 is 7.60 Å². The largest absolute Gasteiger partial charge is 0.573 e. The molecule has 1 rings (SSSR count). The molecule has 0 N–H and O–H groups in total. The van der Waals surface area contributed by atoms with Gasteiger partial charge in [0.15, 0.2) is 12.1 Å². The number of para-hydroxylation sites is 1. The van der Waals surface area contributed by atoms with Gasteiger partial charge < -0.3 is 13.8 Å². The van der Waals surface area contributed by atoms with Gasteiger partial charge in [0.25, 0.3) is 0 Å². The van der Waals surface area contributed by atoms with E-state index in [1.165, 1.54) is 19.9 Å². The molecular weight excluding hydrogens is 376 g/mol. The van der Waals surface area contributed by atoms with Crippen molar-refractivity contribution in [3.05, 3.63) is 24.3 Å². The standard InChI is InChI=1S/C12H16F3O7PS/c1-3-19-23(16,20-4-2)9-21-24(17,18)11-8-6-5-7-10(11)22-12(13,14)15/h5-8H,3-4,9H2,1-2H3. The molecule has 0 radical (unpaired) electrons. The maximum absolute atomic E-state index is 12.3. The van der Waals surface area contributed by atoms with Crippen molar-refractivity contribution in [2.75, 3.05) is 19.6 Å². The molecule has 0 spiro atoms. The lowest BCUT2D eigenvalue weighted by molar-refractivity contribution is -0.275. The van der Waals surface area contributed by atoms with E-state index in [9.17, 15) is 26.2 Å². The Hall–Kier alpha value is -1.13. The molecule has 1 aromatic carbocycles. The molecule has 24 heavy (non-hydrogen) atoms. The fourth-order valence-electron chi connectivity index (χ4n) is 1.57. The fraction of sp³-hybridized carbons (Fsp3) is 0.500. The molecule has 0 heterocycles. The summed E-state index contributed by atoms with van der Waals surface area (Å²) in [5.74, 6) is -0.965. The van der Waals surface area contributed by atoms with Gasteiger partial charge in [-0.1, -0.05) is 12.1 Å². The summed E-state index contributed by atoms with van der Waals surface area (Å²) in [5.41, 5.74) is 0. The Morgan fingerprint density at radius 2 is 1.62 bits per heavy atom. The molecule has 0 amide bonds. The molecule has 0 unspecified atom stereocenters. The van der Waals surface area contributed by atoms with Gasteiger partial charge in [-0.05, 0) is 26.0 Å². The molecule has 0 saturated heterocycles. The topological polar surface area (TPSA) is 88.1 Å². The zero-order valence-electron chi connectivity index (χ0n) is 12.8. The predicted octanol–water partition coefficient (Wildman–Crippen LogP) is 3.51. The van der Waals surface area contributed by atoms with Crippen molar-refractivity contribution in [2.45, 2.75) is 25.1 Å². The molecular formula is C12H16F3O7PS. The van der Waals surface area contributed by atoms with Crippen molar-refractivity contribution >= 4 is 17.7 Å². The summed E-state index contributed by atoms with van der Waals surface area (Å²) in [6.45, 7) is 2.95. The van der Waals surface area contributed by atoms with Crippen molar-refractivity contribution in [3.63, 3.8) is 0 Å². The minimum Gasteiger partial charge on any atom is -0.404 e. The van der Waals surface area contributed by atoms with E-state index in [-0.39, 0.29) is 13.2 Å². The number of halogens is 3. The Bertz CT molecular complexity index is 680. The summed E-state index contributed by atoms with van der Waals surface area (Å²) in [4.78, 5) is -0.859. The van der Waals surface area contributed by atoms with E-state index in [1.54, 1.807) is 0 Å². The molecule has 0 aliphatic carbocycles. The SMILES string of the molecule is CCOP(=O)(COS(=O)(=O)c1ccccc1OC(F)(F)F)OCC. The second-order valence-electron chi connectivity index (χ2n) is 4.14. The zero-order valence-corrected chi connectivity index (χ0v) is 14.5. The maximum Gasteiger partial charge on any atom is 0.573 e. The van der Waals surface area contributed by atoms with Gasteiger partial charge in [0.1, 0.15) is 4.90 Å². The van der Waals surface area contributed by atoms with Crippen LogP contribution in [0.15, 0.2) is 29.2 Å². The van der Waals surface area contributed by atoms with Gasteiger partial charge >= 0.3 is 24.1 Å². The molecule has 1 aromatic rings. The van der Waals surface area contributed by atoms with Crippen LogP contribution in [0.2, 0.25) is 0 Å². The predicted molar refractivity (Wildman–Crippen MR) is 77.1 cm³/mol. The highest BCUT2D eigenvalue weighted by molar-refractivity contribution is 7.87. The van der Waals surface area contributed by atoms with Crippen molar-refractivity contribution < 1.29 is 44.1 Å². The molecule has 0 bridgehead atoms. The Morgan fingerprint density at radius 3 is 2.12 bits per heavy atom. The highest BCUT2D eigenvalue weighted by Gasteiger charge is 2.35. The summed E-state index contributed by atoms with van der Waals surface area (Å²) in [6, 6.07) is 4.02. The summed E-state index contributed by atoms with van der Waals surface area (Å²) in [7, 11) is -8.55. The number of hydrogen-bond donors (Lipinski definition) is 0. The van der Waals surface area contributed by atoms with Gasteiger partial charge in [0.2, 0.25) is 0 Å². The molecule has 0 aliphatic rings. The average molecular weight is 392 g/mol. The Morgan fingerprint density at radius 1 is 1.08 bits per heavy atom. The number of ether oxygens (including phenoxy) is 1. The first-order valence-corrected chi connectivity index (χ1v) is 9.79. The van der Waals surface area contributed by atoms with Crippen molar-refractivity contribution in [1.29, 1.82) is 0 Å². The average Bonchev–Trinajstić information content (AvgIpc) is 2.45. The van der Waals surface area contributed by atoms with E-state index in [0.717, 1.165) is 18.2 Å². The molecule has 0 saturated carbocycles. The first-order chi connectivity index (χ1) is 11.0. The minimum atomic E-state index is -5.09. The highest BCUT2D eigenvalue weighted by Crippen LogP contribution is 2.48. The van der Waals surface area contributed by atoms with Crippen molar-refractivity contribution in [3.8, 4) is 5.75 Å². The van der Waals surface area contributed by atoms with Crippen LogP contribution in [-0.2, 0) is 27.9 Å².